The van der Waals surface area contributed by atoms with Crippen LogP contribution in [0.25, 0.3) is 0 Å². The van der Waals surface area contributed by atoms with E-state index in [4.69, 9.17) is 5.73 Å². The second kappa shape index (κ2) is 3.24. The van der Waals surface area contributed by atoms with E-state index in [2.05, 4.69) is 52.1 Å². The van der Waals surface area contributed by atoms with Crippen molar-refractivity contribution in [3.63, 3.8) is 0 Å². The molecule has 1 heterocycles. The van der Waals surface area contributed by atoms with Gasteiger partial charge in [-0.05, 0) is 63.8 Å². The van der Waals surface area contributed by atoms with E-state index in [9.17, 15) is 0 Å². The molecule has 1 aromatic carbocycles. The maximum Gasteiger partial charge on any atom is 0.0423 e. The number of nitrogens with two attached hydrogens (primary N) is 1. The van der Waals surface area contributed by atoms with Gasteiger partial charge in [0.2, 0.25) is 0 Å². The molecule has 1 aromatic rings. The smallest absolute Gasteiger partial charge is 0.0423 e. The average Bonchev–Trinajstić information content (AvgIpc) is 2.06. The minimum atomic E-state index is -0.234. The van der Waals surface area contributed by atoms with Crippen LogP contribution in [0.15, 0.2) is 12.1 Å². The number of hydrogen-bond donors (Lipinski definition) is 2. The van der Waals surface area contributed by atoms with Gasteiger partial charge in [-0.15, -0.1) is 0 Å². The van der Waals surface area contributed by atoms with Gasteiger partial charge in [0.25, 0.3) is 0 Å². The van der Waals surface area contributed by atoms with Crippen molar-refractivity contribution in [2.45, 2.75) is 52.1 Å². The normalized spacial score (nSPS) is 27.1. The Labute approximate surface area is 98.2 Å². The lowest BCUT2D eigenvalue weighted by molar-refractivity contribution is 0.339. The number of fused-ring (bicyclic) bond motifs is 1. The Bertz CT molecular complexity index is 431. The van der Waals surface area contributed by atoms with E-state index in [0.717, 1.165) is 6.42 Å². The third-order valence-electron chi connectivity index (χ3n) is 3.53. The molecule has 0 aliphatic carbocycles. The van der Waals surface area contributed by atoms with Crippen molar-refractivity contribution in [1.29, 1.82) is 0 Å². The molecular formula is C14H22N2. The van der Waals surface area contributed by atoms with Crippen molar-refractivity contribution in [3.8, 4) is 0 Å². The Hall–Kier alpha value is -1.02. The Balaban J connectivity index is 2.60. The highest BCUT2D eigenvalue weighted by molar-refractivity contribution is 5.61. The van der Waals surface area contributed by atoms with Crippen LogP contribution in [0.5, 0.6) is 0 Å². The maximum atomic E-state index is 6.44. The van der Waals surface area contributed by atoms with E-state index in [1.54, 1.807) is 0 Å². The fourth-order valence-corrected chi connectivity index (χ4v) is 2.81. The predicted molar refractivity (Wildman–Crippen MR) is 69.8 cm³/mol. The Kier molecular flexibility index (Phi) is 2.32. The monoisotopic (exact) mass is 218 g/mol. The lowest BCUT2D eigenvalue weighted by atomic mass is 9.76. The summed E-state index contributed by atoms with van der Waals surface area (Å²) < 4.78 is 0. The Morgan fingerprint density at radius 1 is 1.12 bits per heavy atom. The summed E-state index contributed by atoms with van der Waals surface area (Å²) in [5, 5.41) is 3.58. The summed E-state index contributed by atoms with van der Waals surface area (Å²) in [5.74, 6) is 0. The van der Waals surface area contributed by atoms with Crippen LogP contribution in [0.4, 0.5) is 5.69 Å². The van der Waals surface area contributed by atoms with Crippen LogP contribution in [0.2, 0.25) is 0 Å². The average molecular weight is 218 g/mol. The summed E-state index contributed by atoms with van der Waals surface area (Å²) >= 11 is 0. The zero-order chi connectivity index (χ0) is 12.1. The van der Waals surface area contributed by atoms with Gasteiger partial charge in [-0.2, -0.15) is 0 Å². The first kappa shape index (κ1) is 11.5. The van der Waals surface area contributed by atoms with E-state index in [0.29, 0.717) is 0 Å². The molecule has 0 bridgehead atoms. The molecule has 2 nitrogen and oxygen atoms in total. The lowest BCUT2D eigenvalue weighted by Crippen LogP contribution is -2.49. The molecular weight excluding hydrogens is 196 g/mol. The molecule has 0 fully saturated rings. The number of hydrogen-bond acceptors (Lipinski definition) is 2. The van der Waals surface area contributed by atoms with Gasteiger partial charge in [-0.3, -0.25) is 0 Å². The van der Waals surface area contributed by atoms with Crippen LogP contribution in [-0.4, -0.2) is 5.54 Å². The summed E-state index contributed by atoms with van der Waals surface area (Å²) in [5.41, 5.74) is 11.4. The van der Waals surface area contributed by atoms with Crippen molar-refractivity contribution in [1.82, 2.24) is 0 Å². The van der Waals surface area contributed by atoms with Crippen molar-refractivity contribution in [3.05, 3.63) is 28.8 Å². The fourth-order valence-electron chi connectivity index (χ4n) is 2.81. The molecule has 2 heteroatoms. The minimum Gasteiger partial charge on any atom is -0.380 e. The Morgan fingerprint density at radius 2 is 1.69 bits per heavy atom. The number of rotatable bonds is 0. The van der Waals surface area contributed by atoms with Gasteiger partial charge in [0.1, 0.15) is 0 Å². The largest absolute Gasteiger partial charge is 0.380 e. The molecule has 16 heavy (non-hydrogen) atoms. The van der Waals surface area contributed by atoms with Crippen molar-refractivity contribution < 1.29 is 0 Å². The van der Waals surface area contributed by atoms with E-state index in [1.807, 2.05) is 0 Å². The van der Waals surface area contributed by atoms with Gasteiger partial charge in [0, 0.05) is 16.8 Å². The molecule has 0 saturated heterocycles. The molecule has 1 unspecified atom stereocenters. The zero-order valence-electron chi connectivity index (χ0n) is 10.9. The third kappa shape index (κ3) is 1.82. The van der Waals surface area contributed by atoms with Crippen LogP contribution in [0.3, 0.4) is 0 Å². The number of nitrogens with one attached hydrogen (secondary N) is 1. The Morgan fingerprint density at radius 3 is 2.31 bits per heavy atom. The second-order valence-corrected chi connectivity index (χ2v) is 6.09. The first-order valence-corrected chi connectivity index (χ1v) is 5.90. The maximum absolute atomic E-state index is 6.44. The van der Waals surface area contributed by atoms with Gasteiger partial charge in [-0.1, -0.05) is 6.07 Å². The highest BCUT2D eigenvalue weighted by atomic mass is 15.0. The number of benzene rings is 1. The molecule has 0 saturated carbocycles. The van der Waals surface area contributed by atoms with Crippen molar-refractivity contribution in [2.75, 3.05) is 5.32 Å². The van der Waals surface area contributed by atoms with Crippen LogP contribution >= 0.6 is 0 Å². The molecule has 3 N–H and O–H groups in total. The summed E-state index contributed by atoms with van der Waals surface area (Å²) in [6, 6.07) is 4.45. The molecule has 2 rings (SSSR count). The molecule has 1 aliphatic rings. The second-order valence-electron chi connectivity index (χ2n) is 6.09. The predicted octanol–water partition coefficient (Wildman–Crippen LogP) is 3.07. The van der Waals surface area contributed by atoms with E-state index in [-0.39, 0.29) is 11.1 Å². The molecule has 1 aliphatic heterocycles. The van der Waals surface area contributed by atoms with Crippen LogP contribution in [0, 0.1) is 13.8 Å². The molecule has 1 atom stereocenters. The summed E-state index contributed by atoms with van der Waals surface area (Å²) in [6.07, 6.45) is 0.954. The minimum absolute atomic E-state index is 0.0677. The SMILES string of the molecule is Cc1cc2c(cc1C)C(C)(N)CC(C)(C)N2. The van der Waals surface area contributed by atoms with E-state index < -0.39 is 0 Å². The highest BCUT2D eigenvalue weighted by Crippen LogP contribution is 2.40. The third-order valence-corrected chi connectivity index (χ3v) is 3.53. The quantitative estimate of drug-likeness (QED) is 0.702. The van der Waals surface area contributed by atoms with Crippen LogP contribution in [-0.2, 0) is 5.54 Å². The van der Waals surface area contributed by atoms with Crippen LogP contribution < -0.4 is 11.1 Å². The highest BCUT2D eigenvalue weighted by Gasteiger charge is 2.37. The first-order chi connectivity index (χ1) is 7.21. The topological polar surface area (TPSA) is 38.0 Å². The van der Waals surface area contributed by atoms with Crippen molar-refractivity contribution >= 4 is 5.69 Å². The van der Waals surface area contributed by atoms with Gasteiger partial charge >= 0.3 is 0 Å². The molecule has 0 radical (unpaired) electrons. The van der Waals surface area contributed by atoms with Gasteiger partial charge in [-0.25, -0.2) is 0 Å². The lowest BCUT2D eigenvalue weighted by Gasteiger charge is -2.43. The molecule has 0 amide bonds. The first-order valence-electron chi connectivity index (χ1n) is 5.90. The van der Waals surface area contributed by atoms with Crippen LogP contribution in [0.1, 0.15) is 43.9 Å². The van der Waals surface area contributed by atoms with Gasteiger partial charge in [0.15, 0.2) is 0 Å². The molecule has 0 aromatic heterocycles. The molecule has 88 valence electrons. The fraction of sp³-hybridized carbons (Fsp3) is 0.571. The van der Waals surface area contributed by atoms with Gasteiger partial charge in [0.05, 0.1) is 0 Å². The number of aryl methyl sites for hydroxylation is 2. The van der Waals surface area contributed by atoms with E-state index in [1.165, 1.54) is 22.4 Å². The standard InChI is InChI=1S/C14H22N2/c1-9-6-11-12(7-10(9)2)16-13(3,4)8-14(11,5)15/h6-7,16H,8,15H2,1-5H3. The van der Waals surface area contributed by atoms with E-state index >= 15 is 0 Å². The molecule has 0 spiro atoms. The van der Waals surface area contributed by atoms with Crippen molar-refractivity contribution in [2.24, 2.45) is 5.73 Å². The zero-order valence-corrected chi connectivity index (χ0v) is 10.9. The number of anilines is 1. The summed E-state index contributed by atoms with van der Waals surface area (Å²) in [6.45, 7) is 10.8. The summed E-state index contributed by atoms with van der Waals surface area (Å²) in [7, 11) is 0. The summed E-state index contributed by atoms with van der Waals surface area (Å²) in [4.78, 5) is 0. The van der Waals surface area contributed by atoms with Gasteiger partial charge < -0.3 is 11.1 Å².